The lowest BCUT2D eigenvalue weighted by atomic mass is 10.1. The zero-order valence-electron chi connectivity index (χ0n) is 14.2. The molecule has 2 rings (SSSR count). The monoisotopic (exact) mass is 433 g/mol. The number of guanidine groups is 1. The predicted octanol–water partition coefficient (Wildman–Crippen LogP) is 2.54. The molecule has 1 fully saturated rings. The van der Waals surface area contributed by atoms with Crippen molar-refractivity contribution in [2.45, 2.75) is 13.3 Å². The SMILES string of the molecule is CN=C(NCCOc1cccc(C)c1)N(C)CC1CCOC1.I. The van der Waals surface area contributed by atoms with E-state index in [1.807, 2.05) is 25.2 Å². The minimum atomic E-state index is 0. The molecule has 130 valence electrons. The van der Waals surface area contributed by atoms with Gasteiger partial charge >= 0.3 is 0 Å². The molecule has 1 aromatic carbocycles. The highest BCUT2D eigenvalue weighted by atomic mass is 127. The molecule has 0 spiro atoms. The average Bonchev–Trinajstić information content (AvgIpc) is 3.00. The molecule has 1 atom stereocenters. The van der Waals surface area contributed by atoms with Gasteiger partial charge in [-0.3, -0.25) is 4.99 Å². The maximum Gasteiger partial charge on any atom is 0.193 e. The van der Waals surface area contributed by atoms with E-state index in [1.165, 1.54) is 5.56 Å². The second-order valence-corrected chi connectivity index (χ2v) is 5.75. The van der Waals surface area contributed by atoms with Gasteiger partial charge in [0.1, 0.15) is 12.4 Å². The van der Waals surface area contributed by atoms with Crippen LogP contribution >= 0.6 is 24.0 Å². The molecule has 1 heterocycles. The molecule has 1 unspecified atom stereocenters. The summed E-state index contributed by atoms with van der Waals surface area (Å²) in [6.45, 7) is 6.12. The Balaban J connectivity index is 0.00000264. The van der Waals surface area contributed by atoms with E-state index in [-0.39, 0.29) is 24.0 Å². The highest BCUT2D eigenvalue weighted by Crippen LogP contribution is 2.13. The summed E-state index contributed by atoms with van der Waals surface area (Å²) in [6, 6.07) is 8.10. The number of aliphatic imine (C=N–C) groups is 1. The standard InChI is InChI=1S/C17H27N3O2.HI/c1-14-5-4-6-16(11-14)22-10-8-19-17(18-2)20(3)12-15-7-9-21-13-15;/h4-6,11,15H,7-10,12-13H2,1-3H3,(H,18,19);1H. The second-order valence-electron chi connectivity index (χ2n) is 5.75. The van der Waals surface area contributed by atoms with Gasteiger partial charge in [-0.25, -0.2) is 0 Å². The Hall–Kier alpha value is -1.02. The van der Waals surface area contributed by atoms with Crippen molar-refractivity contribution in [3.05, 3.63) is 29.8 Å². The number of hydrogen-bond donors (Lipinski definition) is 1. The first-order chi connectivity index (χ1) is 10.7. The number of aryl methyl sites for hydroxylation is 1. The molecular weight excluding hydrogens is 405 g/mol. The van der Waals surface area contributed by atoms with E-state index in [2.05, 4.69) is 35.2 Å². The highest BCUT2D eigenvalue weighted by Gasteiger charge is 2.18. The first-order valence-corrected chi connectivity index (χ1v) is 7.88. The molecular formula is C17H28IN3O2. The summed E-state index contributed by atoms with van der Waals surface area (Å²) in [5.74, 6) is 2.42. The van der Waals surface area contributed by atoms with E-state index in [4.69, 9.17) is 9.47 Å². The summed E-state index contributed by atoms with van der Waals surface area (Å²) in [4.78, 5) is 6.48. The summed E-state index contributed by atoms with van der Waals surface area (Å²) < 4.78 is 11.2. The van der Waals surface area contributed by atoms with Gasteiger partial charge in [0.2, 0.25) is 0 Å². The van der Waals surface area contributed by atoms with Crippen LogP contribution in [-0.2, 0) is 4.74 Å². The van der Waals surface area contributed by atoms with Gasteiger partial charge in [-0.15, -0.1) is 24.0 Å². The summed E-state index contributed by atoms with van der Waals surface area (Å²) in [7, 11) is 3.88. The first-order valence-electron chi connectivity index (χ1n) is 7.88. The summed E-state index contributed by atoms with van der Waals surface area (Å²) >= 11 is 0. The van der Waals surface area contributed by atoms with Crippen molar-refractivity contribution in [1.29, 1.82) is 0 Å². The van der Waals surface area contributed by atoms with Crippen LogP contribution in [0.15, 0.2) is 29.3 Å². The minimum absolute atomic E-state index is 0. The minimum Gasteiger partial charge on any atom is -0.492 e. The molecule has 1 aromatic rings. The molecule has 0 saturated carbocycles. The fourth-order valence-corrected chi connectivity index (χ4v) is 2.62. The summed E-state index contributed by atoms with van der Waals surface area (Å²) in [5, 5.41) is 3.34. The zero-order chi connectivity index (χ0) is 15.8. The van der Waals surface area contributed by atoms with E-state index < -0.39 is 0 Å². The molecule has 1 N–H and O–H groups in total. The van der Waals surface area contributed by atoms with Crippen molar-refractivity contribution < 1.29 is 9.47 Å². The smallest absolute Gasteiger partial charge is 0.193 e. The van der Waals surface area contributed by atoms with Crippen molar-refractivity contribution in [3.63, 3.8) is 0 Å². The van der Waals surface area contributed by atoms with Crippen LogP contribution in [0.5, 0.6) is 5.75 Å². The van der Waals surface area contributed by atoms with Crippen LogP contribution < -0.4 is 10.1 Å². The number of rotatable bonds is 6. The van der Waals surface area contributed by atoms with Crippen LogP contribution in [-0.4, -0.2) is 57.9 Å². The lowest BCUT2D eigenvalue weighted by Gasteiger charge is -2.24. The normalized spacial score (nSPS) is 17.5. The van der Waals surface area contributed by atoms with Crippen molar-refractivity contribution in [3.8, 4) is 5.75 Å². The van der Waals surface area contributed by atoms with Crippen LogP contribution in [0.25, 0.3) is 0 Å². The lowest BCUT2D eigenvalue weighted by Crippen LogP contribution is -2.42. The molecule has 0 radical (unpaired) electrons. The highest BCUT2D eigenvalue weighted by molar-refractivity contribution is 14.0. The van der Waals surface area contributed by atoms with Gasteiger partial charge in [0.25, 0.3) is 0 Å². The van der Waals surface area contributed by atoms with Gasteiger partial charge in [-0.1, -0.05) is 12.1 Å². The molecule has 0 amide bonds. The third-order valence-corrected chi connectivity index (χ3v) is 3.77. The van der Waals surface area contributed by atoms with E-state index in [0.717, 1.165) is 44.4 Å². The quantitative estimate of drug-likeness (QED) is 0.324. The van der Waals surface area contributed by atoms with E-state index in [9.17, 15) is 0 Å². The van der Waals surface area contributed by atoms with Crippen LogP contribution in [0.3, 0.4) is 0 Å². The topological polar surface area (TPSA) is 46.1 Å². The molecule has 1 saturated heterocycles. The number of hydrogen-bond acceptors (Lipinski definition) is 3. The van der Waals surface area contributed by atoms with Crippen molar-refractivity contribution in [2.24, 2.45) is 10.9 Å². The molecule has 6 heteroatoms. The fourth-order valence-electron chi connectivity index (χ4n) is 2.62. The molecule has 0 bridgehead atoms. The largest absolute Gasteiger partial charge is 0.492 e. The van der Waals surface area contributed by atoms with E-state index >= 15 is 0 Å². The van der Waals surface area contributed by atoms with Crippen LogP contribution in [0.1, 0.15) is 12.0 Å². The lowest BCUT2D eigenvalue weighted by molar-refractivity contribution is 0.181. The molecule has 23 heavy (non-hydrogen) atoms. The molecule has 0 aliphatic carbocycles. The Labute approximate surface area is 156 Å². The van der Waals surface area contributed by atoms with Gasteiger partial charge in [0.15, 0.2) is 5.96 Å². The summed E-state index contributed by atoms with van der Waals surface area (Å²) in [6.07, 6.45) is 1.14. The van der Waals surface area contributed by atoms with E-state index in [1.54, 1.807) is 0 Å². The number of halogens is 1. The number of nitrogens with zero attached hydrogens (tertiary/aromatic N) is 2. The maximum atomic E-state index is 5.74. The Bertz CT molecular complexity index is 490. The Morgan fingerprint density at radius 2 is 2.30 bits per heavy atom. The van der Waals surface area contributed by atoms with Crippen molar-refractivity contribution in [2.75, 3.05) is 47.0 Å². The third-order valence-electron chi connectivity index (χ3n) is 3.77. The van der Waals surface area contributed by atoms with Gasteiger partial charge in [-0.2, -0.15) is 0 Å². The van der Waals surface area contributed by atoms with Gasteiger partial charge in [0.05, 0.1) is 13.2 Å². The Morgan fingerprint density at radius 1 is 1.48 bits per heavy atom. The van der Waals surface area contributed by atoms with Crippen molar-refractivity contribution >= 4 is 29.9 Å². The molecule has 1 aliphatic heterocycles. The zero-order valence-corrected chi connectivity index (χ0v) is 16.6. The first kappa shape index (κ1) is 20.0. The Morgan fingerprint density at radius 3 is 2.96 bits per heavy atom. The number of benzene rings is 1. The van der Waals surface area contributed by atoms with E-state index in [0.29, 0.717) is 12.5 Å². The average molecular weight is 433 g/mol. The molecule has 0 aromatic heterocycles. The van der Waals surface area contributed by atoms with Gasteiger partial charge in [0, 0.05) is 33.2 Å². The van der Waals surface area contributed by atoms with Crippen LogP contribution in [0.4, 0.5) is 0 Å². The van der Waals surface area contributed by atoms with Gasteiger partial charge < -0.3 is 19.7 Å². The maximum absolute atomic E-state index is 5.74. The molecule has 1 aliphatic rings. The van der Waals surface area contributed by atoms with Crippen LogP contribution in [0.2, 0.25) is 0 Å². The van der Waals surface area contributed by atoms with Gasteiger partial charge in [-0.05, 0) is 31.0 Å². The number of nitrogens with one attached hydrogen (secondary N) is 1. The van der Waals surface area contributed by atoms with Crippen molar-refractivity contribution in [1.82, 2.24) is 10.2 Å². The van der Waals surface area contributed by atoms with Crippen LogP contribution in [0, 0.1) is 12.8 Å². The third kappa shape index (κ3) is 6.95. The number of ether oxygens (including phenoxy) is 2. The summed E-state index contributed by atoms with van der Waals surface area (Å²) in [5.41, 5.74) is 1.21. The second kappa shape index (κ2) is 10.7. The predicted molar refractivity (Wildman–Crippen MR) is 105 cm³/mol. The molecule has 5 nitrogen and oxygen atoms in total. The Kier molecular flexibility index (Phi) is 9.31. The fraction of sp³-hybridized carbons (Fsp3) is 0.588.